The lowest BCUT2D eigenvalue weighted by Crippen LogP contribution is -2.28. The molecule has 0 fully saturated rings. The Hall–Kier alpha value is -2.14. The van der Waals surface area contributed by atoms with Gasteiger partial charge in [-0.25, -0.2) is 0 Å². The zero-order chi connectivity index (χ0) is 36.4. The van der Waals surface area contributed by atoms with E-state index in [1.807, 2.05) is 0 Å². The average molecular weight is 701 g/mol. The highest BCUT2D eigenvalue weighted by Gasteiger charge is 2.16. The smallest absolute Gasteiger partial charge is 0.306 e. The van der Waals surface area contributed by atoms with E-state index in [-0.39, 0.29) is 31.6 Å². The van der Waals surface area contributed by atoms with E-state index < -0.39 is 6.10 Å². The van der Waals surface area contributed by atoms with Gasteiger partial charge in [0.15, 0.2) is 6.10 Å². The topological polar surface area (TPSA) is 72.8 Å². The first-order valence-electron chi connectivity index (χ1n) is 21.2. The van der Waals surface area contributed by atoms with Crippen molar-refractivity contribution in [1.29, 1.82) is 0 Å². The second kappa shape index (κ2) is 41.3. The number of rotatable bonds is 38. The first-order chi connectivity index (χ1) is 24.6. The molecule has 1 atom stereocenters. The van der Waals surface area contributed by atoms with Gasteiger partial charge >= 0.3 is 11.9 Å². The summed E-state index contributed by atoms with van der Waals surface area (Å²) in [6.07, 6.45) is 51.8. The number of carbonyl (C=O) groups excluding carboxylic acids is 2. The highest BCUT2D eigenvalue weighted by molar-refractivity contribution is 5.70. The van der Waals surface area contributed by atoms with Gasteiger partial charge in [-0.1, -0.05) is 172 Å². The molecule has 0 aliphatic heterocycles. The lowest BCUT2D eigenvalue weighted by atomic mass is 10.1. The number of aliphatic hydroxyl groups is 1. The summed E-state index contributed by atoms with van der Waals surface area (Å²) in [7, 11) is 0. The van der Waals surface area contributed by atoms with Gasteiger partial charge in [-0.15, -0.1) is 0 Å². The fourth-order valence-corrected chi connectivity index (χ4v) is 5.86. The van der Waals surface area contributed by atoms with Crippen LogP contribution in [0.5, 0.6) is 0 Å². The molecule has 50 heavy (non-hydrogen) atoms. The van der Waals surface area contributed by atoms with Crippen LogP contribution in [0.4, 0.5) is 0 Å². The summed E-state index contributed by atoms with van der Waals surface area (Å²) < 4.78 is 10.6. The van der Waals surface area contributed by atoms with E-state index in [1.165, 1.54) is 135 Å². The number of hydrogen-bond donors (Lipinski definition) is 1. The molecule has 0 unspecified atom stereocenters. The average Bonchev–Trinajstić information content (AvgIpc) is 3.12. The minimum atomic E-state index is -0.798. The van der Waals surface area contributed by atoms with E-state index >= 15 is 0 Å². The maximum Gasteiger partial charge on any atom is 0.306 e. The van der Waals surface area contributed by atoms with Crippen LogP contribution >= 0.6 is 0 Å². The number of unbranched alkanes of at least 4 members (excludes halogenated alkanes) is 22. The second-order valence-electron chi connectivity index (χ2n) is 14.1. The van der Waals surface area contributed by atoms with Crippen LogP contribution < -0.4 is 0 Å². The molecular weight excluding hydrogens is 620 g/mol. The number of carbonyl (C=O) groups is 2. The molecule has 0 radical (unpaired) electrons. The Morgan fingerprint density at radius 1 is 0.460 bits per heavy atom. The summed E-state index contributed by atoms with van der Waals surface area (Å²) in [5.74, 6) is -0.652. The van der Waals surface area contributed by atoms with E-state index in [9.17, 15) is 14.7 Å². The zero-order valence-electron chi connectivity index (χ0n) is 32.9. The molecule has 0 amide bonds. The summed E-state index contributed by atoms with van der Waals surface area (Å²) in [6, 6.07) is 0. The fourth-order valence-electron chi connectivity index (χ4n) is 5.86. The van der Waals surface area contributed by atoms with Crippen LogP contribution in [-0.2, 0) is 19.1 Å². The number of allylic oxidation sites excluding steroid dienone is 8. The summed E-state index contributed by atoms with van der Waals surface area (Å²) >= 11 is 0. The van der Waals surface area contributed by atoms with Crippen molar-refractivity contribution in [3.05, 3.63) is 48.6 Å². The minimum absolute atomic E-state index is 0.0868. The van der Waals surface area contributed by atoms with E-state index in [1.54, 1.807) is 0 Å². The van der Waals surface area contributed by atoms with E-state index in [0.29, 0.717) is 12.8 Å². The Balaban J connectivity index is 3.61. The van der Waals surface area contributed by atoms with Crippen LogP contribution in [0, 0.1) is 0 Å². The number of aliphatic hydroxyl groups excluding tert-OH is 1. The van der Waals surface area contributed by atoms with Gasteiger partial charge in [-0.2, -0.15) is 0 Å². The highest BCUT2D eigenvalue weighted by Crippen LogP contribution is 2.13. The SMILES string of the molecule is CCCCCCCC/C=C\C/C=C\C/C=C\CCCC(=O)O[C@@H](CO)COC(=O)CCCCCCCCCCC/C=C\CCCCCCCC. The Morgan fingerprint density at radius 3 is 1.28 bits per heavy atom. The van der Waals surface area contributed by atoms with E-state index in [2.05, 4.69) is 62.5 Å². The normalized spacial score (nSPS) is 12.6. The van der Waals surface area contributed by atoms with Gasteiger partial charge < -0.3 is 14.6 Å². The van der Waals surface area contributed by atoms with Crippen molar-refractivity contribution < 1.29 is 24.2 Å². The summed E-state index contributed by atoms with van der Waals surface area (Å²) in [5, 5.41) is 9.56. The number of hydrogen-bond acceptors (Lipinski definition) is 5. The Morgan fingerprint density at radius 2 is 0.820 bits per heavy atom. The van der Waals surface area contributed by atoms with Crippen LogP contribution in [-0.4, -0.2) is 36.4 Å². The largest absolute Gasteiger partial charge is 0.462 e. The van der Waals surface area contributed by atoms with E-state index in [4.69, 9.17) is 9.47 Å². The number of esters is 2. The molecule has 0 aromatic carbocycles. The summed E-state index contributed by atoms with van der Waals surface area (Å²) in [6.45, 7) is 4.09. The van der Waals surface area contributed by atoms with Crippen molar-refractivity contribution in [2.45, 2.75) is 213 Å². The predicted octanol–water partition coefficient (Wildman–Crippen LogP) is 13.4. The van der Waals surface area contributed by atoms with E-state index in [0.717, 1.165) is 38.5 Å². The monoisotopic (exact) mass is 701 g/mol. The van der Waals surface area contributed by atoms with Gasteiger partial charge in [0.05, 0.1) is 6.61 Å². The van der Waals surface area contributed by atoms with Gasteiger partial charge in [0.2, 0.25) is 0 Å². The van der Waals surface area contributed by atoms with Crippen LogP contribution in [0.2, 0.25) is 0 Å². The first-order valence-corrected chi connectivity index (χ1v) is 21.2. The summed E-state index contributed by atoms with van der Waals surface area (Å²) in [5.41, 5.74) is 0. The van der Waals surface area contributed by atoms with Crippen molar-refractivity contribution in [2.24, 2.45) is 0 Å². The van der Waals surface area contributed by atoms with Gasteiger partial charge in [0, 0.05) is 12.8 Å². The molecule has 0 aromatic rings. The molecule has 0 heterocycles. The molecular formula is C45H80O5. The Labute approximate surface area is 309 Å². The molecule has 0 rings (SSSR count). The molecule has 5 heteroatoms. The molecule has 0 saturated carbocycles. The standard InChI is InChI=1S/C45H80O5/c1-3-5-7-9-11-13-15-17-19-21-22-24-25-27-29-31-33-35-37-39-44(47)49-42-43(41-46)50-45(48)40-38-36-34-32-30-28-26-23-20-18-16-14-12-10-8-6-4-2/h17-20,26,28,32,34,43,46H,3-16,21-25,27,29-31,33,35-42H2,1-2H3/b19-17-,20-18-,28-26-,34-32-/t43-/m0/s1. The Kier molecular flexibility index (Phi) is 39.5. The first kappa shape index (κ1) is 47.9. The number of ether oxygens (including phenoxy) is 2. The van der Waals surface area contributed by atoms with Crippen LogP contribution in [0.3, 0.4) is 0 Å². The highest BCUT2D eigenvalue weighted by atomic mass is 16.6. The van der Waals surface area contributed by atoms with Crippen molar-refractivity contribution in [3.8, 4) is 0 Å². The van der Waals surface area contributed by atoms with Gasteiger partial charge in [0.25, 0.3) is 0 Å². The predicted molar refractivity (Wildman–Crippen MR) is 214 cm³/mol. The molecule has 5 nitrogen and oxygen atoms in total. The second-order valence-corrected chi connectivity index (χ2v) is 14.1. The molecule has 0 saturated heterocycles. The Bertz CT molecular complexity index is 842. The minimum Gasteiger partial charge on any atom is -0.462 e. The lowest BCUT2D eigenvalue weighted by Gasteiger charge is -2.15. The molecule has 1 N–H and O–H groups in total. The van der Waals surface area contributed by atoms with Crippen molar-refractivity contribution in [3.63, 3.8) is 0 Å². The van der Waals surface area contributed by atoms with Gasteiger partial charge in [0.1, 0.15) is 6.61 Å². The third-order valence-electron chi connectivity index (χ3n) is 9.10. The third-order valence-corrected chi connectivity index (χ3v) is 9.10. The quantitative estimate of drug-likeness (QED) is 0.0394. The zero-order valence-corrected chi connectivity index (χ0v) is 32.9. The van der Waals surface area contributed by atoms with Crippen LogP contribution in [0.25, 0.3) is 0 Å². The van der Waals surface area contributed by atoms with Gasteiger partial charge in [-0.05, 0) is 70.6 Å². The maximum atomic E-state index is 12.2. The molecule has 0 bridgehead atoms. The van der Waals surface area contributed by atoms with Crippen molar-refractivity contribution in [2.75, 3.05) is 13.2 Å². The molecule has 0 aliphatic carbocycles. The van der Waals surface area contributed by atoms with Crippen LogP contribution in [0.1, 0.15) is 206 Å². The van der Waals surface area contributed by atoms with Crippen LogP contribution in [0.15, 0.2) is 48.6 Å². The fraction of sp³-hybridized carbons (Fsp3) is 0.778. The summed E-state index contributed by atoms with van der Waals surface area (Å²) in [4.78, 5) is 24.3. The molecule has 0 aromatic heterocycles. The molecule has 290 valence electrons. The lowest BCUT2D eigenvalue weighted by molar-refractivity contribution is -0.161. The molecule has 0 aliphatic rings. The molecule has 0 spiro atoms. The van der Waals surface area contributed by atoms with Crippen molar-refractivity contribution >= 4 is 11.9 Å². The van der Waals surface area contributed by atoms with Crippen molar-refractivity contribution in [1.82, 2.24) is 0 Å². The maximum absolute atomic E-state index is 12.2. The third kappa shape index (κ3) is 38.7. The van der Waals surface area contributed by atoms with Gasteiger partial charge in [-0.3, -0.25) is 9.59 Å².